The smallest absolute Gasteiger partial charge is 0.329 e. The van der Waals surface area contributed by atoms with Crippen LogP contribution in [0, 0.1) is 0 Å². The lowest BCUT2D eigenvalue weighted by atomic mass is 9.99. The Balaban J connectivity index is 1.44. The van der Waals surface area contributed by atoms with Crippen molar-refractivity contribution < 1.29 is 14.4 Å². The van der Waals surface area contributed by atoms with Gasteiger partial charge in [-0.3, -0.25) is 9.59 Å². The summed E-state index contributed by atoms with van der Waals surface area (Å²) >= 11 is 0. The van der Waals surface area contributed by atoms with E-state index in [0.717, 1.165) is 16.9 Å². The second kappa shape index (κ2) is 6.63. The fourth-order valence-corrected chi connectivity index (χ4v) is 3.50. The minimum absolute atomic E-state index is 0.0178. The lowest BCUT2D eigenvalue weighted by molar-refractivity contribution is -0.134. The van der Waals surface area contributed by atoms with Gasteiger partial charge in [0, 0.05) is 13.1 Å². The average Bonchev–Trinajstić information content (AvgIpc) is 2.95. The zero-order valence-electron chi connectivity index (χ0n) is 14.2. The molecule has 0 radical (unpaired) electrons. The Morgan fingerprint density at radius 2 is 1.69 bits per heavy atom. The summed E-state index contributed by atoms with van der Waals surface area (Å²) in [5, 5.41) is 2.63. The topological polar surface area (TPSA) is 69.7 Å². The largest absolute Gasteiger partial charge is 0.338 e. The number of nitrogens with zero attached hydrogens (tertiary/aromatic N) is 2. The van der Waals surface area contributed by atoms with E-state index in [9.17, 15) is 14.4 Å². The molecule has 6 heteroatoms. The van der Waals surface area contributed by atoms with Crippen LogP contribution in [-0.2, 0) is 22.6 Å². The van der Waals surface area contributed by atoms with Crippen molar-refractivity contribution in [2.24, 2.45) is 0 Å². The molecule has 1 saturated heterocycles. The number of amides is 4. The maximum Gasteiger partial charge on any atom is 0.329 e. The van der Waals surface area contributed by atoms with Crippen LogP contribution in [0.25, 0.3) is 0 Å². The van der Waals surface area contributed by atoms with E-state index in [-0.39, 0.29) is 18.2 Å². The third kappa shape index (κ3) is 2.94. The molecule has 0 aromatic heterocycles. The minimum Gasteiger partial charge on any atom is -0.338 e. The predicted molar refractivity (Wildman–Crippen MR) is 96.4 cm³/mol. The van der Waals surface area contributed by atoms with Gasteiger partial charge in [0.1, 0.15) is 6.04 Å². The first kappa shape index (κ1) is 16.3. The second-order valence-corrected chi connectivity index (χ2v) is 6.55. The molecule has 0 spiro atoms. The van der Waals surface area contributed by atoms with Gasteiger partial charge in [-0.2, -0.15) is 0 Å². The number of fused-ring (bicyclic) bond motifs is 1. The molecule has 1 unspecified atom stereocenters. The number of carbonyl (C=O) groups is 3. The summed E-state index contributed by atoms with van der Waals surface area (Å²) in [5.41, 5.74) is 2.91. The van der Waals surface area contributed by atoms with Crippen LogP contribution in [0.2, 0.25) is 0 Å². The van der Waals surface area contributed by atoms with Gasteiger partial charge in [0.2, 0.25) is 5.91 Å². The van der Waals surface area contributed by atoms with Crippen molar-refractivity contribution in [3.8, 4) is 0 Å². The van der Waals surface area contributed by atoms with E-state index in [4.69, 9.17) is 0 Å². The van der Waals surface area contributed by atoms with E-state index in [1.807, 2.05) is 24.3 Å². The van der Waals surface area contributed by atoms with E-state index < -0.39 is 12.1 Å². The highest BCUT2D eigenvalue weighted by atomic mass is 16.2. The molecule has 4 amide bonds. The molecule has 1 fully saturated rings. The fourth-order valence-electron chi connectivity index (χ4n) is 3.50. The number of anilines is 1. The number of hydrogen-bond donors (Lipinski definition) is 1. The summed E-state index contributed by atoms with van der Waals surface area (Å²) in [4.78, 5) is 40.3. The number of nitrogens with one attached hydrogen (secondary N) is 1. The Morgan fingerprint density at radius 1 is 1.00 bits per heavy atom. The molecule has 26 heavy (non-hydrogen) atoms. The van der Waals surface area contributed by atoms with Crippen LogP contribution >= 0.6 is 0 Å². The number of carbonyl (C=O) groups excluding carboxylic acids is 3. The van der Waals surface area contributed by atoms with Gasteiger partial charge in [-0.15, -0.1) is 0 Å². The SMILES string of the molecule is O=C(CC1NC(=O)N(c2ccccc2)C1=O)N1CCc2ccccc2C1. The van der Waals surface area contributed by atoms with Crippen LogP contribution in [0.5, 0.6) is 0 Å². The van der Waals surface area contributed by atoms with Crippen LogP contribution in [0.15, 0.2) is 54.6 Å². The van der Waals surface area contributed by atoms with E-state index >= 15 is 0 Å². The van der Waals surface area contributed by atoms with Gasteiger partial charge in [0.15, 0.2) is 0 Å². The number of hydrogen-bond acceptors (Lipinski definition) is 3. The number of urea groups is 1. The Labute approximate surface area is 151 Å². The molecule has 0 aliphatic carbocycles. The maximum atomic E-state index is 12.7. The molecule has 132 valence electrons. The fraction of sp³-hybridized carbons (Fsp3) is 0.250. The van der Waals surface area contributed by atoms with Gasteiger partial charge in [0.25, 0.3) is 5.91 Å². The third-order valence-electron chi connectivity index (χ3n) is 4.90. The van der Waals surface area contributed by atoms with Gasteiger partial charge in [-0.05, 0) is 29.7 Å². The third-order valence-corrected chi connectivity index (χ3v) is 4.90. The van der Waals surface area contributed by atoms with E-state index in [1.165, 1.54) is 5.56 Å². The number of para-hydroxylation sites is 1. The van der Waals surface area contributed by atoms with Crippen LogP contribution in [0.4, 0.5) is 10.5 Å². The summed E-state index contributed by atoms with van der Waals surface area (Å²) in [7, 11) is 0. The van der Waals surface area contributed by atoms with Crippen molar-refractivity contribution in [3.63, 3.8) is 0 Å². The summed E-state index contributed by atoms with van der Waals surface area (Å²) in [6, 6.07) is 15.5. The number of benzene rings is 2. The predicted octanol–water partition coefficient (Wildman–Crippen LogP) is 2.09. The molecular formula is C20H19N3O3. The molecule has 2 aliphatic heterocycles. The van der Waals surface area contributed by atoms with Crippen LogP contribution < -0.4 is 10.2 Å². The highest BCUT2D eigenvalue weighted by Crippen LogP contribution is 2.22. The van der Waals surface area contributed by atoms with Crippen molar-refractivity contribution in [3.05, 3.63) is 65.7 Å². The average molecular weight is 349 g/mol. The second-order valence-electron chi connectivity index (χ2n) is 6.55. The van der Waals surface area contributed by atoms with Crippen molar-refractivity contribution >= 4 is 23.5 Å². The zero-order valence-corrected chi connectivity index (χ0v) is 14.2. The molecule has 0 bridgehead atoms. The van der Waals surface area contributed by atoms with Crippen LogP contribution in [0.1, 0.15) is 17.5 Å². The van der Waals surface area contributed by atoms with Crippen LogP contribution in [-0.4, -0.2) is 35.3 Å². The maximum absolute atomic E-state index is 12.7. The molecule has 2 heterocycles. The van der Waals surface area contributed by atoms with E-state index in [1.54, 1.807) is 29.2 Å². The van der Waals surface area contributed by atoms with Gasteiger partial charge in [-0.25, -0.2) is 9.69 Å². The molecule has 0 saturated carbocycles. The molecule has 4 rings (SSSR count). The number of rotatable bonds is 3. The molecule has 6 nitrogen and oxygen atoms in total. The van der Waals surface area contributed by atoms with Gasteiger partial charge < -0.3 is 10.2 Å². The van der Waals surface area contributed by atoms with Crippen molar-refractivity contribution in [1.82, 2.24) is 10.2 Å². The first-order chi connectivity index (χ1) is 12.6. The first-order valence-corrected chi connectivity index (χ1v) is 8.67. The lowest BCUT2D eigenvalue weighted by Gasteiger charge is -2.29. The summed E-state index contributed by atoms with van der Waals surface area (Å²) in [6.07, 6.45) is 0.791. The monoisotopic (exact) mass is 349 g/mol. The quantitative estimate of drug-likeness (QED) is 0.863. The molecule has 1 N–H and O–H groups in total. The highest BCUT2D eigenvalue weighted by Gasteiger charge is 2.40. The lowest BCUT2D eigenvalue weighted by Crippen LogP contribution is -2.41. The normalized spacial score (nSPS) is 19.3. The van der Waals surface area contributed by atoms with Crippen molar-refractivity contribution in [2.75, 3.05) is 11.4 Å². The summed E-state index contributed by atoms with van der Waals surface area (Å²) in [6.45, 7) is 1.18. The Bertz CT molecular complexity index is 866. The Hall–Kier alpha value is -3.15. The minimum atomic E-state index is -0.813. The van der Waals surface area contributed by atoms with Crippen LogP contribution in [0.3, 0.4) is 0 Å². The molecular weight excluding hydrogens is 330 g/mol. The van der Waals surface area contributed by atoms with Crippen molar-refractivity contribution in [1.29, 1.82) is 0 Å². The summed E-state index contributed by atoms with van der Waals surface area (Å²) in [5.74, 6) is -0.500. The van der Waals surface area contributed by atoms with Gasteiger partial charge in [0.05, 0.1) is 12.1 Å². The molecule has 2 aliphatic rings. The number of imide groups is 1. The Morgan fingerprint density at radius 3 is 2.46 bits per heavy atom. The summed E-state index contributed by atoms with van der Waals surface area (Å²) < 4.78 is 0. The first-order valence-electron chi connectivity index (χ1n) is 8.67. The molecule has 1 atom stereocenters. The van der Waals surface area contributed by atoms with Crippen molar-refractivity contribution in [2.45, 2.75) is 25.4 Å². The van der Waals surface area contributed by atoms with Gasteiger partial charge >= 0.3 is 6.03 Å². The molecule has 2 aromatic carbocycles. The van der Waals surface area contributed by atoms with E-state index in [0.29, 0.717) is 18.8 Å². The zero-order chi connectivity index (χ0) is 18.1. The standard InChI is InChI=1S/C20H19N3O3/c24-18(22-11-10-14-6-4-5-7-15(14)13-22)12-17-19(25)23(20(26)21-17)16-8-2-1-3-9-16/h1-9,17H,10-13H2,(H,21,26). The molecule has 2 aromatic rings. The van der Waals surface area contributed by atoms with E-state index in [2.05, 4.69) is 11.4 Å². The Kier molecular flexibility index (Phi) is 4.16. The highest BCUT2D eigenvalue weighted by molar-refractivity contribution is 6.22. The van der Waals surface area contributed by atoms with Gasteiger partial charge in [-0.1, -0.05) is 42.5 Å².